The maximum atomic E-state index is 11.8. The van der Waals surface area contributed by atoms with E-state index in [9.17, 15) is 4.79 Å². The number of rotatable bonds is 7. The molecule has 0 bridgehead atoms. The molecule has 0 saturated heterocycles. The van der Waals surface area contributed by atoms with Gasteiger partial charge in [-0.15, -0.1) is 11.3 Å². The largest absolute Gasteiger partial charge is 0.444 e. The summed E-state index contributed by atoms with van der Waals surface area (Å²) in [5, 5.41) is 8.48. The van der Waals surface area contributed by atoms with Gasteiger partial charge in [0.2, 0.25) is 11.8 Å². The van der Waals surface area contributed by atoms with Crippen molar-refractivity contribution < 1.29 is 9.21 Å². The van der Waals surface area contributed by atoms with E-state index in [1.807, 2.05) is 19.9 Å². The van der Waals surface area contributed by atoms with E-state index >= 15 is 0 Å². The van der Waals surface area contributed by atoms with E-state index in [0.717, 1.165) is 24.4 Å². The number of thiophene rings is 1. The van der Waals surface area contributed by atoms with Crippen molar-refractivity contribution in [3.05, 3.63) is 39.7 Å². The van der Waals surface area contributed by atoms with Crippen molar-refractivity contribution in [1.29, 1.82) is 0 Å². The molecule has 0 aliphatic heterocycles. The predicted octanol–water partition coefficient (Wildman–Crippen LogP) is 1.72. The van der Waals surface area contributed by atoms with Crippen LogP contribution in [-0.2, 0) is 17.8 Å². The molecule has 0 aliphatic rings. The minimum atomic E-state index is -0.0535. The molecule has 2 heterocycles. The third kappa shape index (κ3) is 6.22. The standard InChI is InChI=1S/C17H25N5O2S/c1-12-13(2)24-15(21-12)10-19-17(20-11-16(23)22(3)4)18-8-7-14-6-5-9-25-14/h5-6,9H,7-8,10-11H2,1-4H3,(H2,18,19,20). The summed E-state index contributed by atoms with van der Waals surface area (Å²) < 4.78 is 5.56. The van der Waals surface area contributed by atoms with Crippen LogP contribution in [0.1, 0.15) is 22.2 Å². The fourth-order valence-electron chi connectivity index (χ4n) is 2.00. The Morgan fingerprint density at radius 1 is 1.36 bits per heavy atom. The normalized spacial score (nSPS) is 11.4. The molecule has 0 aromatic carbocycles. The molecule has 0 fully saturated rings. The summed E-state index contributed by atoms with van der Waals surface area (Å²) in [6, 6.07) is 4.14. The molecule has 25 heavy (non-hydrogen) atoms. The molecular weight excluding hydrogens is 338 g/mol. The van der Waals surface area contributed by atoms with Crippen molar-refractivity contribution >= 4 is 23.2 Å². The van der Waals surface area contributed by atoms with Gasteiger partial charge in [-0.05, 0) is 31.7 Å². The lowest BCUT2D eigenvalue weighted by atomic mass is 10.3. The number of aryl methyl sites for hydroxylation is 2. The van der Waals surface area contributed by atoms with Crippen molar-refractivity contribution in [2.24, 2.45) is 4.99 Å². The highest BCUT2D eigenvalue weighted by atomic mass is 32.1. The molecule has 0 spiro atoms. The number of guanidine groups is 1. The number of aromatic nitrogens is 1. The molecule has 2 aromatic rings. The average molecular weight is 363 g/mol. The SMILES string of the molecule is Cc1nc(CNC(=NCC(=O)N(C)C)NCCc2cccs2)oc1C. The Morgan fingerprint density at radius 2 is 2.16 bits per heavy atom. The summed E-state index contributed by atoms with van der Waals surface area (Å²) in [5.41, 5.74) is 0.878. The van der Waals surface area contributed by atoms with Crippen LogP contribution in [0.4, 0.5) is 0 Å². The zero-order valence-electron chi connectivity index (χ0n) is 15.1. The summed E-state index contributed by atoms with van der Waals surface area (Å²) in [6.07, 6.45) is 0.900. The first-order valence-electron chi connectivity index (χ1n) is 8.13. The zero-order valence-corrected chi connectivity index (χ0v) is 15.9. The third-order valence-corrected chi connectivity index (χ3v) is 4.53. The topological polar surface area (TPSA) is 82.8 Å². The number of nitrogens with one attached hydrogen (secondary N) is 2. The summed E-state index contributed by atoms with van der Waals surface area (Å²) in [6.45, 7) is 5.02. The lowest BCUT2D eigenvalue weighted by Crippen LogP contribution is -2.39. The van der Waals surface area contributed by atoms with Gasteiger partial charge in [0.15, 0.2) is 5.96 Å². The van der Waals surface area contributed by atoms with E-state index in [0.29, 0.717) is 18.4 Å². The van der Waals surface area contributed by atoms with Gasteiger partial charge >= 0.3 is 0 Å². The third-order valence-electron chi connectivity index (χ3n) is 3.60. The molecule has 0 radical (unpaired) electrons. The first kappa shape index (κ1) is 19.0. The monoisotopic (exact) mass is 363 g/mol. The van der Waals surface area contributed by atoms with Crippen LogP contribution in [0.2, 0.25) is 0 Å². The Balaban J connectivity index is 1.92. The van der Waals surface area contributed by atoms with Gasteiger partial charge in [-0.25, -0.2) is 9.98 Å². The molecule has 0 saturated carbocycles. The first-order valence-corrected chi connectivity index (χ1v) is 9.01. The van der Waals surface area contributed by atoms with Crippen molar-refractivity contribution in [2.45, 2.75) is 26.8 Å². The van der Waals surface area contributed by atoms with Crippen LogP contribution in [0.25, 0.3) is 0 Å². The fourth-order valence-corrected chi connectivity index (χ4v) is 2.70. The van der Waals surface area contributed by atoms with Crippen LogP contribution in [-0.4, -0.2) is 48.9 Å². The van der Waals surface area contributed by atoms with Crippen molar-refractivity contribution in [3.8, 4) is 0 Å². The Kier molecular flexibility index (Phi) is 7.00. The number of aliphatic imine (C=N–C) groups is 1. The molecule has 2 aromatic heterocycles. The minimum absolute atomic E-state index is 0.0535. The van der Waals surface area contributed by atoms with E-state index in [1.54, 1.807) is 25.4 Å². The van der Waals surface area contributed by atoms with Gasteiger partial charge in [0, 0.05) is 25.5 Å². The van der Waals surface area contributed by atoms with Gasteiger partial charge in [0.1, 0.15) is 12.3 Å². The molecular formula is C17H25N5O2S. The molecule has 2 N–H and O–H groups in total. The van der Waals surface area contributed by atoms with E-state index in [2.05, 4.69) is 32.1 Å². The van der Waals surface area contributed by atoms with E-state index in [1.165, 1.54) is 9.78 Å². The number of hydrogen-bond donors (Lipinski definition) is 2. The van der Waals surface area contributed by atoms with Gasteiger partial charge in [0.05, 0.1) is 12.2 Å². The summed E-state index contributed by atoms with van der Waals surface area (Å²) in [4.78, 5) is 23.3. The number of carbonyl (C=O) groups is 1. The lowest BCUT2D eigenvalue weighted by Gasteiger charge is -2.12. The highest BCUT2D eigenvalue weighted by Crippen LogP contribution is 2.08. The molecule has 1 amide bonds. The number of hydrogen-bond acceptors (Lipinski definition) is 5. The van der Waals surface area contributed by atoms with Crippen molar-refractivity contribution in [1.82, 2.24) is 20.5 Å². The maximum Gasteiger partial charge on any atom is 0.243 e. The zero-order chi connectivity index (χ0) is 18.2. The van der Waals surface area contributed by atoms with Crippen LogP contribution < -0.4 is 10.6 Å². The number of nitrogens with zero attached hydrogens (tertiary/aromatic N) is 3. The second kappa shape index (κ2) is 9.22. The van der Waals surface area contributed by atoms with Gasteiger partial charge in [-0.1, -0.05) is 6.07 Å². The highest BCUT2D eigenvalue weighted by molar-refractivity contribution is 7.09. The number of amides is 1. The summed E-state index contributed by atoms with van der Waals surface area (Å²) >= 11 is 1.73. The van der Waals surface area contributed by atoms with Crippen LogP contribution >= 0.6 is 11.3 Å². The van der Waals surface area contributed by atoms with E-state index in [4.69, 9.17) is 4.42 Å². The van der Waals surface area contributed by atoms with Crippen molar-refractivity contribution in [3.63, 3.8) is 0 Å². The Morgan fingerprint density at radius 3 is 2.76 bits per heavy atom. The van der Waals surface area contributed by atoms with Crippen LogP contribution in [0.5, 0.6) is 0 Å². The van der Waals surface area contributed by atoms with Gasteiger partial charge in [-0.2, -0.15) is 0 Å². The summed E-state index contributed by atoms with van der Waals surface area (Å²) in [5.74, 6) is 1.92. The molecule has 136 valence electrons. The van der Waals surface area contributed by atoms with Crippen LogP contribution in [0.15, 0.2) is 26.9 Å². The van der Waals surface area contributed by atoms with E-state index < -0.39 is 0 Å². The molecule has 0 unspecified atom stereocenters. The maximum absolute atomic E-state index is 11.8. The molecule has 2 rings (SSSR count). The van der Waals surface area contributed by atoms with Crippen molar-refractivity contribution in [2.75, 3.05) is 27.2 Å². The Labute approximate surface area is 152 Å². The molecule has 0 aliphatic carbocycles. The second-order valence-electron chi connectivity index (χ2n) is 5.81. The van der Waals surface area contributed by atoms with Gasteiger partial charge in [-0.3, -0.25) is 4.79 Å². The van der Waals surface area contributed by atoms with Crippen LogP contribution in [0.3, 0.4) is 0 Å². The number of likely N-dealkylation sites (N-methyl/N-ethyl adjacent to an activating group) is 1. The highest BCUT2D eigenvalue weighted by Gasteiger charge is 2.08. The smallest absolute Gasteiger partial charge is 0.243 e. The minimum Gasteiger partial charge on any atom is -0.444 e. The van der Waals surface area contributed by atoms with E-state index in [-0.39, 0.29) is 12.5 Å². The Hall–Kier alpha value is -2.35. The second-order valence-corrected chi connectivity index (χ2v) is 6.84. The van der Waals surface area contributed by atoms with Gasteiger partial charge in [0.25, 0.3) is 0 Å². The summed E-state index contributed by atoms with van der Waals surface area (Å²) in [7, 11) is 3.43. The predicted molar refractivity (Wildman–Crippen MR) is 99.8 cm³/mol. The van der Waals surface area contributed by atoms with Crippen LogP contribution in [0, 0.1) is 13.8 Å². The Bertz CT molecular complexity index is 687. The van der Waals surface area contributed by atoms with Gasteiger partial charge < -0.3 is 20.0 Å². The lowest BCUT2D eigenvalue weighted by molar-refractivity contribution is -0.127. The number of oxazole rings is 1. The number of carbonyl (C=O) groups excluding carboxylic acids is 1. The molecule has 7 nitrogen and oxygen atoms in total. The average Bonchev–Trinajstić information content (AvgIpc) is 3.19. The quantitative estimate of drug-likeness (QED) is 0.578. The fraction of sp³-hybridized carbons (Fsp3) is 0.471. The molecule has 8 heteroatoms. The molecule has 0 atom stereocenters. The first-order chi connectivity index (χ1) is 12.0.